The van der Waals surface area contributed by atoms with Gasteiger partial charge in [-0.3, -0.25) is 9.48 Å². The number of Topliss-reactive ketones (excluding diaryl/α,β-unsaturated/α-hetero) is 1. The molecule has 0 saturated heterocycles. The second kappa shape index (κ2) is 5.44. The first-order chi connectivity index (χ1) is 8.70. The highest BCUT2D eigenvalue weighted by molar-refractivity contribution is 5.83. The topological polar surface area (TPSA) is 57.0 Å². The molecule has 0 bridgehead atoms. The minimum atomic E-state index is 0.0931. The number of nitrogens with zero attached hydrogens (tertiary/aromatic N) is 3. The van der Waals surface area contributed by atoms with Crippen molar-refractivity contribution in [2.24, 2.45) is 7.05 Å². The van der Waals surface area contributed by atoms with Crippen LogP contribution in [-0.4, -0.2) is 27.7 Å². The van der Waals surface area contributed by atoms with E-state index in [0.717, 1.165) is 11.3 Å². The third-order valence-electron chi connectivity index (χ3n) is 2.74. The van der Waals surface area contributed by atoms with E-state index in [9.17, 15) is 4.79 Å². The van der Waals surface area contributed by atoms with E-state index in [4.69, 9.17) is 4.74 Å². The molecule has 0 aliphatic heterocycles. The van der Waals surface area contributed by atoms with E-state index in [1.807, 2.05) is 24.3 Å². The third kappa shape index (κ3) is 2.74. The molecule has 2 aromatic rings. The number of methoxy groups -OCH3 is 1. The molecular formula is C13H15N3O2. The predicted octanol–water partition coefficient (Wildman–Crippen LogP) is 1.18. The quantitative estimate of drug-likeness (QED) is 0.793. The van der Waals surface area contributed by atoms with Gasteiger partial charge >= 0.3 is 0 Å². The number of benzene rings is 1. The molecule has 5 nitrogen and oxygen atoms in total. The number of hydrogen-bond acceptors (Lipinski definition) is 4. The highest BCUT2D eigenvalue weighted by atomic mass is 16.5. The Morgan fingerprint density at radius 3 is 2.78 bits per heavy atom. The first-order valence-electron chi connectivity index (χ1n) is 5.67. The molecule has 1 heterocycles. The van der Waals surface area contributed by atoms with Crippen molar-refractivity contribution in [3.63, 3.8) is 0 Å². The average Bonchev–Trinajstić information content (AvgIpc) is 2.75. The van der Waals surface area contributed by atoms with Gasteiger partial charge in [-0.15, -0.1) is 0 Å². The van der Waals surface area contributed by atoms with Crippen LogP contribution < -0.4 is 4.74 Å². The third-order valence-corrected chi connectivity index (χ3v) is 2.74. The maximum absolute atomic E-state index is 12.0. The Labute approximate surface area is 105 Å². The van der Waals surface area contributed by atoms with Crippen molar-refractivity contribution < 1.29 is 9.53 Å². The molecule has 0 aliphatic carbocycles. The van der Waals surface area contributed by atoms with E-state index in [1.165, 1.54) is 6.33 Å². The molecule has 94 valence electrons. The fourth-order valence-corrected chi connectivity index (χ4v) is 1.78. The van der Waals surface area contributed by atoms with Gasteiger partial charge in [0.05, 0.1) is 13.5 Å². The molecule has 18 heavy (non-hydrogen) atoms. The summed E-state index contributed by atoms with van der Waals surface area (Å²) >= 11 is 0. The molecule has 0 saturated carbocycles. The van der Waals surface area contributed by atoms with Gasteiger partial charge in [0.1, 0.15) is 23.7 Å². The van der Waals surface area contributed by atoms with Crippen LogP contribution in [0.2, 0.25) is 0 Å². The van der Waals surface area contributed by atoms with Gasteiger partial charge in [-0.25, -0.2) is 4.98 Å². The van der Waals surface area contributed by atoms with Gasteiger partial charge < -0.3 is 4.74 Å². The molecule has 0 N–H and O–H groups in total. The highest BCUT2D eigenvalue weighted by Crippen LogP contribution is 2.18. The molecule has 0 amide bonds. The molecular weight excluding hydrogens is 230 g/mol. The van der Waals surface area contributed by atoms with Crippen LogP contribution in [0.1, 0.15) is 11.4 Å². The minimum absolute atomic E-state index is 0.0931. The zero-order valence-electron chi connectivity index (χ0n) is 10.5. The normalized spacial score (nSPS) is 10.3. The fourth-order valence-electron chi connectivity index (χ4n) is 1.78. The Morgan fingerprint density at radius 1 is 1.33 bits per heavy atom. The lowest BCUT2D eigenvalue weighted by molar-refractivity contribution is -0.118. The van der Waals surface area contributed by atoms with Crippen molar-refractivity contribution >= 4 is 5.78 Å². The summed E-state index contributed by atoms with van der Waals surface area (Å²) in [5.41, 5.74) is 0.896. The Kier molecular flexibility index (Phi) is 3.72. The zero-order chi connectivity index (χ0) is 13.0. The van der Waals surface area contributed by atoms with Crippen LogP contribution in [0.3, 0.4) is 0 Å². The number of ether oxygens (including phenoxy) is 1. The SMILES string of the molecule is COc1ccccc1CC(=O)Cc1ncnn1C. The summed E-state index contributed by atoms with van der Waals surface area (Å²) < 4.78 is 6.83. The van der Waals surface area contributed by atoms with E-state index < -0.39 is 0 Å². The van der Waals surface area contributed by atoms with Gasteiger partial charge in [0.2, 0.25) is 0 Å². The standard InChI is InChI=1S/C13H15N3O2/c1-16-13(14-9-15-16)8-11(17)7-10-5-3-4-6-12(10)18-2/h3-6,9H,7-8H2,1-2H3. The monoisotopic (exact) mass is 245 g/mol. The van der Waals surface area contributed by atoms with Gasteiger partial charge in [-0.1, -0.05) is 18.2 Å². The van der Waals surface area contributed by atoms with Gasteiger partial charge in [0.15, 0.2) is 0 Å². The number of carbonyl (C=O) groups excluding carboxylic acids is 1. The Balaban J connectivity index is 2.05. The molecule has 0 aliphatic rings. The number of hydrogen-bond donors (Lipinski definition) is 0. The smallest absolute Gasteiger partial charge is 0.144 e. The lowest BCUT2D eigenvalue weighted by Crippen LogP contribution is -2.11. The Morgan fingerprint density at radius 2 is 2.11 bits per heavy atom. The zero-order valence-corrected chi connectivity index (χ0v) is 10.5. The molecule has 0 radical (unpaired) electrons. The molecule has 0 fully saturated rings. The maximum Gasteiger partial charge on any atom is 0.144 e. The Hall–Kier alpha value is -2.17. The van der Waals surface area contributed by atoms with Crippen LogP contribution in [0.25, 0.3) is 0 Å². The molecule has 0 spiro atoms. The van der Waals surface area contributed by atoms with E-state index in [2.05, 4.69) is 10.1 Å². The van der Waals surface area contributed by atoms with Crippen LogP contribution in [0, 0.1) is 0 Å². The molecule has 5 heteroatoms. The number of ketones is 1. The van der Waals surface area contributed by atoms with Crippen molar-refractivity contribution in [3.8, 4) is 5.75 Å². The van der Waals surface area contributed by atoms with Crippen LogP contribution in [0.5, 0.6) is 5.75 Å². The summed E-state index contributed by atoms with van der Waals surface area (Å²) in [5, 5.41) is 3.94. The van der Waals surface area contributed by atoms with Crippen molar-refractivity contribution in [1.82, 2.24) is 14.8 Å². The number of rotatable bonds is 5. The highest BCUT2D eigenvalue weighted by Gasteiger charge is 2.11. The van der Waals surface area contributed by atoms with Crippen LogP contribution in [0.15, 0.2) is 30.6 Å². The van der Waals surface area contributed by atoms with Crippen molar-refractivity contribution in [3.05, 3.63) is 42.0 Å². The van der Waals surface area contributed by atoms with E-state index >= 15 is 0 Å². The summed E-state index contributed by atoms with van der Waals surface area (Å²) in [4.78, 5) is 16.0. The molecule has 0 unspecified atom stereocenters. The first-order valence-corrected chi connectivity index (χ1v) is 5.67. The molecule has 2 rings (SSSR count). The van der Waals surface area contributed by atoms with E-state index in [1.54, 1.807) is 18.8 Å². The summed E-state index contributed by atoms with van der Waals surface area (Å²) in [5.74, 6) is 1.51. The predicted molar refractivity (Wildman–Crippen MR) is 66.4 cm³/mol. The maximum atomic E-state index is 12.0. The first kappa shape index (κ1) is 12.3. The summed E-state index contributed by atoms with van der Waals surface area (Å²) in [7, 11) is 3.38. The number of aromatic nitrogens is 3. The van der Waals surface area contributed by atoms with Gasteiger partial charge in [-0.2, -0.15) is 5.10 Å². The second-order valence-electron chi connectivity index (χ2n) is 4.00. The Bertz CT molecular complexity index is 549. The molecule has 0 atom stereocenters. The number of carbonyl (C=O) groups is 1. The summed E-state index contributed by atoms with van der Waals surface area (Å²) in [6.45, 7) is 0. The van der Waals surface area contributed by atoms with E-state index in [-0.39, 0.29) is 12.2 Å². The van der Waals surface area contributed by atoms with Crippen molar-refractivity contribution in [2.45, 2.75) is 12.8 Å². The largest absolute Gasteiger partial charge is 0.496 e. The van der Waals surface area contributed by atoms with Crippen LogP contribution in [0.4, 0.5) is 0 Å². The molecule has 1 aromatic carbocycles. The summed E-state index contributed by atoms with van der Waals surface area (Å²) in [6, 6.07) is 7.53. The molecule has 1 aromatic heterocycles. The van der Waals surface area contributed by atoms with E-state index in [0.29, 0.717) is 12.2 Å². The lowest BCUT2D eigenvalue weighted by atomic mass is 10.1. The number of para-hydroxylation sites is 1. The van der Waals surface area contributed by atoms with Crippen LogP contribution in [-0.2, 0) is 24.7 Å². The van der Waals surface area contributed by atoms with Crippen molar-refractivity contribution in [2.75, 3.05) is 7.11 Å². The van der Waals surface area contributed by atoms with Crippen LogP contribution >= 0.6 is 0 Å². The van der Waals surface area contributed by atoms with Crippen molar-refractivity contribution in [1.29, 1.82) is 0 Å². The average molecular weight is 245 g/mol. The van der Waals surface area contributed by atoms with Gasteiger partial charge in [-0.05, 0) is 6.07 Å². The van der Waals surface area contributed by atoms with Gasteiger partial charge in [0, 0.05) is 19.0 Å². The lowest BCUT2D eigenvalue weighted by Gasteiger charge is -2.07. The fraction of sp³-hybridized carbons (Fsp3) is 0.308. The second-order valence-corrected chi connectivity index (χ2v) is 4.00. The number of aryl methyl sites for hydroxylation is 1. The van der Waals surface area contributed by atoms with Gasteiger partial charge in [0.25, 0.3) is 0 Å². The summed E-state index contributed by atoms with van der Waals surface area (Å²) in [6.07, 6.45) is 2.08. The minimum Gasteiger partial charge on any atom is -0.496 e.